The monoisotopic (exact) mass is 327 g/mol. The third kappa shape index (κ3) is 3.90. The Hall–Kier alpha value is -1.25. The van der Waals surface area contributed by atoms with E-state index in [9.17, 15) is 4.21 Å². The molecule has 0 amide bonds. The van der Waals surface area contributed by atoms with E-state index < -0.39 is 10.8 Å². The predicted octanol–water partition coefficient (Wildman–Crippen LogP) is 2.11. The second-order valence-corrected chi connectivity index (χ2v) is 7.77. The molecule has 0 saturated carbocycles. The molecule has 2 unspecified atom stereocenters. The molecule has 2 aromatic rings. The van der Waals surface area contributed by atoms with Crippen molar-refractivity contribution in [3.05, 3.63) is 10.9 Å². The summed E-state index contributed by atoms with van der Waals surface area (Å²) in [4.78, 5) is 10.9. The Morgan fingerprint density at radius 2 is 2.24 bits per heavy atom. The number of nitrogen functional groups attached to an aromatic ring is 1. The summed E-state index contributed by atoms with van der Waals surface area (Å²) in [6, 6.07) is 2.12. The number of hydrogen-bond acceptors (Lipinski definition) is 7. The van der Waals surface area contributed by atoms with E-state index in [1.54, 1.807) is 17.6 Å². The Morgan fingerprint density at radius 3 is 2.86 bits per heavy atom. The van der Waals surface area contributed by atoms with Crippen molar-refractivity contribution in [2.75, 3.05) is 23.5 Å². The first-order valence-electron chi connectivity index (χ1n) is 6.88. The molecule has 2 rings (SSSR count). The fourth-order valence-corrected chi connectivity index (χ4v) is 3.32. The minimum Gasteiger partial charge on any atom is -0.369 e. The molecule has 6 nitrogen and oxygen atoms in total. The molecule has 0 spiro atoms. The van der Waals surface area contributed by atoms with Crippen molar-refractivity contribution in [2.24, 2.45) is 5.84 Å². The van der Waals surface area contributed by atoms with Crippen molar-refractivity contribution >= 4 is 44.1 Å². The second kappa shape index (κ2) is 7.15. The Labute approximate surface area is 131 Å². The highest BCUT2D eigenvalue weighted by molar-refractivity contribution is 7.84. The molecule has 0 aliphatic carbocycles. The normalized spacial score (nSPS) is 14.1. The highest BCUT2D eigenvalue weighted by Crippen LogP contribution is 2.30. The van der Waals surface area contributed by atoms with Crippen LogP contribution in [-0.2, 0) is 17.2 Å². The first-order chi connectivity index (χ1) is 10.0. The summed E-state index contributed by atoms with van der Waals surface area (Å²) >= 11 is 1.65. The molecule has 0 aliphatic rings. The molecule has 116 valence electrons. The number of aromatic nitrogens is 2. The summed E-state index contributed by atoms with van der Waals surface area (Å²) in [5, 5.41) is 4.49. The lowest BCUT2D eigenvalue weighted by Crippen LogP contribution is -2.16. The average Bonchev–Trinajstić information content (AvgIpc) is 2.89. The zero-order valence-electron chi connectivity index (χ0n) is 12.5. The van der Waals surface area contributed by atoms with Crippen molar-refractivity contribution in [1.82, 2.24) is 9.97 Å². The molecule has 2 atom stereocenters. The fourth-order valence-electron chi connectivity index (χ4n) is 1.90. The number of aryl methyl sites for hydroxylation is 1. The van der Waals surface area contributed by atoms with Crippen LogP contribution < -0.4 is 16.6 Å². The van der Waals surface area contributed by atoms with Crippen LogP contribution in [0.15, 0.2) is 6.07 Å². The van der Waals surface area contributed by atoms with Gasteiger partial charge < -0.3 is 5.32 Å². The molecule has 8 heteroatoms. The Balaban J connectivity index is 2.20. The zero-order valence-corrected chi connectivity index (χ0v) is 14.1. The van der Waals surface area contributed by atoms with E-state index in [1.807, 2.05) is 6.92 Å². The Kier molecular flexibility index (Phi) is 5.49. The lowest BCUT2D eigenvalue weighted by atomic mass is 10.3. The molecule has 0 saturated heterocycles. The zero-order chi connectivity index (χ0) is 15.4. The predicted molar refractivity (Wildman–Crippen MR) is 91.2 cm³/mol. The van der Waals surface area contributed by atoms with E-state index in [0.29, 0.717) is 12.5 Å². The van der Waals surface area contributed by atoms with Gasteiger partial charge in [0.25, 0.3) is 0 Å². The molecule has 0 radical (unpaired) electrons. The number of hydrogen-bond donors (Lipinski definition) is 3. The SMILES string of the molecule is CCc1cc2c(NCCC(C)S(C)=O)nc(NN)nc2s1. The van der Waals surface area contributed by atoms with Crippen LogP contribution in [0, 0.1) is 0 Å². The number of nitrogens with zero attached hydrogens (tertiary/aromatic N) is 2. The van der Waals surface area contributed by atoms with Gasteiger partial charge >= 0.3 is 0 Å². The first-order valence-corrected chi connectivity index (χ1v) is 9.32. The Morgan fingerprint density at radius 1 is 1.48 bits per heavy atom. The van der Waals surface area contributed by atoms with Gasteiger partial charge in [0, 0.05) is 33.7 Å². The van der Waals surface area contributed by atoms with E-state index in [0.717, 1.165) is 28.9 Å². The molecular weight excluding hydrogens is 306 g/mol. The standard InChI is InChI=1S/C13H21N5OS2/c1-4-9-7-10-11(15-6-5-8(2)21(3)19)16-13(18-14)17-12(10)20-9/h7-8H,4-6,14H2,1-3H3,(H2,15,16,17,18). The van der Waals surface area contributed by atoms with Crippen molar-refractivity contribution in [2.45, 2.75) is 31.9 Å². The third-order valence-electron chi connectivity index (χ3n) is 3.33. The van der Waals surface area contributed by atoms with Gasteiger partial charge in [0.05, 0.1) is 5.39 Å². The van der Waals surface area contributed by atoms with Crippen molar-refractivity contribution in [1.29, 1.82) is 0 Å². The molecular formula is C13H21N5OS2. The van der Waals surface area contributed by atoms with Gasteiger partial charge in [-0.25, -0.2) is 10.8 Å². The van der Waals surface area contributed by atoms with E-state index in [-0.39, 0.29) is 5.25 Å². The highest BCUT2D eigenvalue weighted by Gasteiger charge is 2.12. The van der Waals surface area contributed by atoms with Crippen LogP contribution in [0.2, 0.25) is 0 Å². The minimum atomic E-state index is -0.802. The fraction of sp³-hybridized carbons (Fsp3) is 0.538. The van der Waals surface area contributed by atoms with Crippen LogP contribution in [-0.4, -0.2) is 32.2 Å². The average molecular weight is 327 g/mol. The molecule has 0 aliphatic heterocycles. The van der Waals surface area contributed by atoms with Gasteiger partial charge in [0.15, 0.2) is 0 Å². The van der Waals surface area contributed by atoms with E-state index >= 15 is 0 Å². The van der Waals surface area contributed by atoms with Crippen LogP contribution in [0.4, 0.5) is 11.8 Å². The smallest absolute Gasteiger partial charge is 0.240 e. The van der Waals surface area contributed by atoms with Gasteiger partial charge in [0.2, 0.25) is 5.95 Å². The minimum absolute atomic E-state index is 0.163. The largest absolute Gasteiger partial charge is 0.369 e. The molecule has 0 aromatic carbocycles. The van der Waals surface area contributed by atoms with E-state index in [2.05, 4.69) is 33.7 Å². The highest BCUT2D eigenvalue weighted by atomic mass is 32.2. The summed E-state index contributed by atoms with van der Waals surface area (Å²) in [5.41, 5.74) is 2.50. The summed E-state index contributed by atoms with van der Waals surface area (Å²) in [6.45, 7) is 4.82. The molecule has 2 heterocycles. The van der Waals surface area contributed by atoms with Gasteiger partial charge in [-0.1, -0.05) is 13.8 Å². The van der Waals surface area contributed by atoms with Crippen LogP contribution in [0.5, 0.6) is 0 Å². The molecule has 4 N–H and O–H groups in total. The summed E-state index contributed by atoms with van der Waals surface area (Å²) < 4.78 is 11.4. The van der Waals surface area contributed by atoms with Gasteiger partial charge in [-0.3, -0.25) is 9.63 Å². The van der Waals surface area contributed by atoms with Gasteiger partial charge in [-0.2, -0.15) is 4.98 Å². The molecule has 2 aromatic heterocycles. The molecule has 0 fully saturated rings. The number of thiophene rings is 1. The lowest BCUT2D eigenvalue weighted by Gasteiger charge is -2.11. The van der Waals surface area contributed by atoms with Crippen molar-refractivity contribution < 1.29 is 4.21 Å². The number of anilines is 2. The topological polar surface area (TPSA) is 92.9 Å². The van der Waals surface area contributed by atoms with Gasteiger partial charge in [0.1, 0.15) is 10.6 Å². The maximum atomic E-state index is 11.4. The second-order valence-electron chi connectivity index (χ2n) is 4.85. The van der Waals surface area contributed by atoms with Gasteiger partial charge in [-0.15, -0.1) is 11.3 Å². The lowest BCUT2D eigenvalue weighted by molar-refractivity contribution is 0.672. The van der Waals surface area contributed by atoms with E-state index in [4.69, 9.17) is 5.84 Å². The summed E-state index contributed by atoms with van der Waals surface area (Å²) in [7, 11) is -0.802. The third-order valence-corrected chi connectivity index (χ3v) is 5.87. The van der Waals surface area contributed by atoms with Crippen LogP contribution in [0.3, 0.4) is 0 Å². The van der Waals surface area contributed by atoms with Crippen LogP contribution in [0.25, 0.3) is 10.2 Å². The maximum Gasteiger partial charge on any atom is 0.240 e. The van der Waals surface area contributed by atoms with Crippen molar-refractivity contribution in [3.63, 3.8) is 0 Å². The van der Waals surface area contributed by atoms with E-state index in [1.165, 1.54) is 4.88 Å². The number of fused-ring (bicyclic) bond motifs is 1. The molecule has 0 bridgehead atoms. The molecule has 21 heavy (non-hydrogen) atoms. The number of rotatable bonds is 7. The van der Waals surface area contributed by atoms with Gasteiger partial charge in [-0.05, 0) is 18.9 Å². The number of hydrazine groups is 1. The first kappa shape index (κ1) is 16.1. The van der Waals surface area contributed by atoms with Crippen LogP contribution >= 0.6 is 11.3 Å². The maximum absolute atomic E-state index is 11.4. The summed E-state index contributed by atoms with van der Waals surface area (Å²) in [6.07, 6.45) is 3.53. The number of nitrogens with two attached hydrogens (primary N) is 1. The van der Waals surface area contributed by atoms with Crippen LogP contribution in [0.1, 0.15) is 25.1 Å². The summed E-state index contributed by atoms with van der Waals surface area (Å²) in [5.74, 6) is 6.61. The van der Waals surface area contributed by atoms with Crippen molar-refractivity contribution in [3.8, 4) is 0 Å². The quantitative estimate of drug-likeness (QED) is 0.533. The Bertz CT molecular complexity index is 643. The number of nitrogens with one attached hydrogen (secondary N) is 2.